The van der Waals surface area contributed by atoms with Gasteiger partial charge in [0.15, 0.2) is 0 Å². The van der Waals surface area contributed by atoms with Crippen molar-refractivity contribution < 1.29 is 5.21 Å². The van der Waals surface area contributed by atoms with Crippen molar-refractivity contribution in [3.63, 3.8) is 0 Å². The van der Waals surface area contributed by atoms with E-state index in [-0.39, 0.29) is 0 Å². The summed E-state index contributed by atoms with van der Waals surface area (Å²) in [5.74, 6) is 0. The Kier molecular flexibility index (Phi) is 4.14. The molecule has 1 aliphatic rings. The lowest BCUT2D eigenvalue weighted by Gasteiger charge is -2.14. The molecule has 1 aliphatic carbocycles. The first-order valence-electron chi connectivity index (χ1n) is 6.04. The van der Waals surface area contributed by atoms with Crippen LogP contribution in [0.25, 0.3) is 6.08 Å². The number of allylic oxidation sites excluding steroid dienone is 3. The molecular weight excluding hydrogens is 210 g/mol. The number of oxime groups is 1. The Labute approximate surface area is 102 Å². The first-order valence-corrected chi connectivity index (χ1v) is 6.04. The van der Waals surface area contributed by atoms with Gasteiger partial charge in [-0.2, -0.15) is 0 Å². The molecule has 0 spiro atoms. The fourth-order valence-corrected chi connectivity index (χ4v) is 2.05. The molecule has 2 rings (SSSR count). The summed E-state index contributed by atoms with van der Waals surface area (Å²) >= 11 is 0. The normalized spacial score (nSPS) is 21.4. The Morgan fingerprint density at radius 2 is 1.82 bits per heavy atom. The number of nitrogens with zero attached hydrogens (tertiary/aromatic N) is 1. The minimum Gasteiger partial charge on any atom is -0.411 e. The second-order valence-corrected chi connectivity index (χ2v) is 4.22. The number of hydrogen-bond acceptors (Lipinski definition) is 2. The van der Waals surface area contributed by atoms with Gasteiger partial charge in [-0.05, 0) is 36.8 Å². The summed E-state index contributed by atoms with van der Waals surface area (Å²) in [6.45, 7) is 0. The van der Waals surface area contributed by atoms with Crippen molar-refractivity contribution >= 4 is 11.8 Å². The van der Waals surface area contributed by atoms with E-state index in [0.717, 1.165) is 30.5 Å². The molecule has 0 aromatic heterocycles. The van der Waals surface area contributed by atoms with Gasteiger partial charge in [0.1, 0.15) is 0 Å². The highest BCUT2D eigenvalue weighted by Gasteiger charge is 2.12. The molecule has 1 fully saturated rings. The average Bonchev–Trinajstić information content (AvgIpc) is 2.40. The van der Waals surface area contributed by atoms with Gasteiger partial charge in [0, 0.05) is 0 Å². The summed E-state index contributed by atoms with van der Waals surface area (Å²) in [6.07, 6.45) is 10.4. The van der Waals surface area contributed by atoms with Gasteiger partial charge < -0.3 is 5.21 Å². The Balaban J connectivity index is 2.07. The molecule has 0 bridgehead atoms. The highest BCUT2D eigenvalue weighted by molar-refractivity contribution is 6.00. The standard InChI is InChI=1S/C15H17NO/c17-16-15-12-5-4-10-14(15)11-6-9-13-7-2-1-3-8-13/h1-3,6-9,11,17H,4-5,10,12H2/b9-6+,14-11-,16-15-. The van der Waals surface area contributed by atoms with Crippen LogP contribution in [0.15, 0.2) is 53.2 Å². The number of rotatable bonds is 2. The summed E-state index contributed by atoms with van der Waals surface area (Å²) in [5.41, 5.74) is 3.18. The maximum atomic E-state index is 8.90. The molecule has 0 saturated heterocycles. The van der Waals surface area contributed by atoms with Crippen molar-refractivity contribution in [2.75, 3.05) is 0 Å². The van der Waals surface area contributed by atoms with Gasteiger partial charge in [0.25, 0.3) is 0 Å². The van der Waals surface area contributed by atoms with E-state index in [1.54, 1.807) is 0 Å². The zero-order chi connectivity index (χ0) is 11.9. The van der Waals surface area contributed by atoms with Crippen LogP contribution in [0.4, 0.5) is 0 Å². The predicted octanol–water partition coefficient (Wildman–Crippen LogP) is 4.03. The predicted molar refractivity (Wildman–Crippen MR) is 71.2 cm³/mol. The van der Waals surface area contributed by atoms with Crippen molar-refractivity contribution in [1.29, 1.82) is 0 Å². The van der Waals surface area contributed by atoms with Crippen LogP contribution >= 0.6 is 0 Å². The fraction of sp³-hybridized carbons (Fsp3) is 0.267. The Morgan fingerprint density at radius 1 is 1.06 bits per heavy atom. The van der Waals surface area contributed by atoms with E-state index < -0.39 is 0 Å². The van der Waals surface area contributed by atoms with Gasteiger partial charge in [-0.25, -0.2) is 0 Å². The van der Waals surface area contributed by atoms with Crippen molar-refractivity contribution in [2.24, 2.45) is 5.16 Å². The quantitative estimate of drug-likeness (QED) is 0.600. The van der Waals surface area contributed by atoms with E-state index >= 15 is 0 Å². The zero-order valence-corrected chi connectivity index (χ0v) is 9.84. The van der Waals surface area contributed by atoms with Gasteiger partial charge >= 0.3 is 0 Å². The molecule has 88 valence electrons. The second-order valence-electron chi connectivity index (χ2n) is 4.22. The summed E-state index contributed by atoms with van der Waals surface area (Å²) in [7, 11) is 0. The lowest BCUT2D eigenvalue weighted by molar-refractivity contribution is 0.316. The molecule has 2 nitrogen and oxygen atoms in total. The third-order valence-corrected chi connectivity index (χ3v) is 2.99. The zero-order valence-electron chi connectivity index (χ0n) is 9.84. The first-order chi connectivity index (χ1) is 8.40. The van der Waals surface area contributed by atoms with Crippen LogP contribution in [-0.2, 0) is 0 Å². The third kappa shape index (κ3) is 3.31. The lowest BCUT2D eigenvalue weighted by Crippen LogP contribution is -2.08. The Hall–Kier alpha value is -1.83. The van der Waals surface area contributed by atoms with Crippen molar-refractivity contribution in [2.45, 2.75) is 25.7 Å². The number of hydrogen-bond donors (Lipinski definition) is 1. The van der Waals surface area contributed by atoms with E-state index in [2.05, 4.69) is 29.4 Å². The topological polar surface area (TPSA) is 32.6 Å². The van der Waals surface area contributed by atoms with E-state index in [1.165, 1.54) is 12.0 Å². The third-order valence-electron chi connectivity index (χ3n) is 2.99. The smallest absolute Gasteiger partial charge is 0.0827 e. The van der Waals surface area contributed by atoms with Crippen LogP contribution in [0.1, 0.15) is 31.2 Å². The van der Waals surface area contributed by atoms with E-state index in [0.29, 0.717) is 0 Å². The van der Waals surface area contributed by atoms with Crippen LogP contribution in [0.3, 0.4) is 0 Å². The molecule has 2 heteroatoms. The minimum absolute atomic E-state index is 0.842. The van der Waals surface area contributed by atoms with Gasteiger partial charge in [-0.15, -0.1) is 0 Å². The van der Waals surface area contributed by atoms with Gasteiger partial charge in [-0.1, -0.05) is 53.7 Å². The van der Waals surface area contributed by atoms with Crippen LogP contribution in [0.2, 0.25) is 0 Å². The molecule has 1 aromatic carbocycles. The molecule has 1 aromatic rings. The highest BCUT2D eigenvalue weighted by atomic mass is 16.4. The first kappa shape index (κ1) is 11.6. The molecule has 17 heavy (non-hydrogen) atoms. The maximum absolute atomic E-state index is 8.90. The monoisotopic (exact) mass is 227 g/mol. The van der Waals surface area contributed by atoms with Crippen LogP contribution < -0.4 is 0 Å². The maximum Gasteiger partial charge on any atom is 0.0827 e. The largest absolute Gasteiger partial charge is 0.411 e. The molecular formula is C15H17NO. The highest BCUT2D eigenvalue weighted by Crippen LogP contribution is 2.21. The fourth-order valence-electron chi connectivity index (χ4n) is 2.05. The molecule has 0 amide bonds. The van der Waals surface area contributed by atoms with Crippen LogP contribution in [-0.4, -0.2) is 10.9 Å². The summed E-state index contributed by atoms with van der Waals surface area (Å²) < 4.78 is 0. The lowest BCUT2D eigenvalue weighted by atomic mass is 9.92. The van der Waals surface area contributed by atoms with Gasteiger partial charge in [0.05, 0.1) is 5.71 Å². The molecule has 0 radical (unpaired) electrons. The van der Waals surface area contributed by atoms with E-state index in [9.17, 15) is 0 Å². The average molecular weight is 227 g/mol. The van der Waals surface area contributed by atoms with Crippen molar-refractivity contribution in [1.82, 2.24) is 0 Å². The summed E-state index contributed by atoms with van der Waals surface area (Å²) in [4.78, 5) is 0. The van der Waals surface area contributed by atoms with E-state index in [4.69, 9.17) is 5.21 Å². The van der Waals surface area contributed by atoms with E-state index in [1.807, 2.05) is 24.3 Å². The molecule has 0 heterocycles. The van der Waals surface area contributed by atoms with Gasteiger partial charge in [-0.3, -0.25) is 0 Å². The molecule has 1 saturated carbocycles. The second kappa shape index (κ2) is 6.04. The van der Waals surface area contributed by atoms with Crippen molar-refractivity contribution in [3.8, 4) is 0 Å². The molecule has 0 aliphatic heterocycles. The summed E-state index contributed by atoms with van der Waals surface area (Å²) in [5, 5.41) is 12.3. The SMILES string of the molecule is O/N=C1/CCCC/C1=C/C=C/c1ccccc1. The van der Waals surface area contributed by atoms with Crippen LogP contribution in [0.5, 0.6) is 0 Å². The Morgan fingerprint density at radius 3 is 2.59 bits per heavy atom. The summed E-state index contributed by atoms with van der Waals surface area (Å²) in [6, 6.07) is 10.2. The van der Waals surface area contributed by atoms with Crippen molar-refractivity contribution in [3.05, 3.63) is 53.6 Å². The van der Waals surface area contributed by atoms with Gasteiger partial charge in [0.2, 0.25) is 0 Å². The molecule has 0 atom stereocenters. The number of benzene rings is 1. The molecule has 1 N–H and O–H groups in total. The minimum atomic E-state index is 0.842. The Bertz CT molecular complexity index is 443. The molecule has 0 unspecified atom stereocenters. The van der Waals surface area contributed by atoms with Crippen LogP contribution in [0, 0.1) is 0 Å².